The predicted octanol–water partition coefficient (Wildman–Crippen LogP) is 3.98. The lowest BCUT2D eigenvalue weighted by atomic mass is 9.97. The number of aryl methyl sites for hydroxylation is 3. The van der Waals surface area contributed by atoms with E-state index in [0.29, 0.717) is 5.56 Å². The minimum absolute atomic E-state index is 0.366. The van der Waals surface area contributed by atoms with Gasteiger partial charge in [0, 0.05) is 0 Å². The van der Waals surface area contributed by atoms with Crippen molar-refractivity contribution in [1.82, 2.24) is 0 Å². The van der Waals surface area contributed by atoms with Crippen LogP contribution in [0.2, 0.25) is 0 Å². The van der Waals surface area contributed by atoms with Crippen molar-refractivity contribution >= 4 is 5.97 Å². The minimum atomic E-state index is -0.877. The van der Waals surface area contributed by atoms with Crippen LogP contribution in [0.3, 0.4) is 0 Å². The third kappa shape index (κ3) is 2.28. The van der Waals surface area contributed by atoms with Gasteiger partial charge in [0.2, 0.25) is 0 Å². The summed E-state index contributed by atoms with van der Waals surface area (Å²) in [6, 6.07) is 11.7. The molecule has 0 aromatic heterocycles. The van der Waals surface area contributed by atoms with Crippen molar-refractivity contribution in [2.24, 2.45) is 0 Å². The van der Waals surface area contributed by atoms with Crippen LogP contribution in [-0.2, 0) is 0 Å². The second-order valence-electron chi connectivity index (χ2n) is 4.63. The molecular formula is C16H16O2. The lowest BCUT2D eigenvalue weighted by molar-refractivity contribution is 0.0696. The Kier molecular flexibility index (Phi) is 3.19. The van der Waals surface area contributed by atoms with Crippen molar-refractivity contribution in [3.63, 3.8) is 0 Å². The van der Waals surface area contributed by atoms with Gasteiger partial charge >= 0.3 is 5.97 Å². The van der Waals surface area contributed by atoms with Crippen LogP contribution in [0.1, 0.15) is 27.0 Å². The summed E-state index contributed by atoms with van der Waals surface area (Å²) in [6.07, 6.45) is 0. The largest absolute Gasteiger partial charge is 0.478 e. The van der Waals surface area contributed by atoms with Crippen molar-refractivity contribution in [1.29, 1.82) is 0 Å². The van der Waals surface area contributed by atoms with Crippen molar-refractivity contribution in [3.05, 3.63) is 58.7 Å². The van der Waals surface area contributed by atoms with Crippen LogP contribution < -0.4 is 0 Å². The highest BCUT2D eigenvalue weighted by molar-refractivity contribution is 5.91. The monoisotopic (exact) mass is 240 g/mol. The normalized spacial score (nSPS) is 10.4. The fraction of sp³-hybridized carbons (Fsp3) is 0.188. The number of carboxylic acids is 1. The number of hydrogen-bond donors (Lipinski definition) is 1. The SMILES string of the molecule is Cc1ccc(-c2ccc(C)c(C(=O)O)c2)cc1C. The van der Waals surface area contributed by atoms with Crippen molar-refractivity contribution in [2.45, 2.75) is 20.8 Å². The van der Waals surface area contributed by atoms with E-state index in [2.05, 4.69) is 26.0 Å². The topological polar surface area (TPSA) is 37.3 Å². The van der Waals surface area contributed by atoms with Gasteiger partial charge in [-0.25, -0.2) is 4.79 Å². The highest BCUT2D eigenvalue weighted by Crippen LogP contribution is 2.24. The van der Waals surface area contributed by atoms with E-state index < -0.39 is 5.97 Å². The highest BCUT2D eigenvalue weighted by atomic mass is 16.4. The summed E-state index contributed by atoms with van der Waals surface area (Å²) in [6.45, 7) is 5.94. The number of aromatic carboxylic acids is 1. The molecule has 0 aliphatic carbocycles. The Balaban J connectivity index is 2.54. The zero-order chi connectivity index (χ0) is 13.3. The van der Waals surface area contributed by atoms with Gasteiger partial charge in [-0.05, 0) is 54.7 Å². The molecule has 0 saturated heterocycles. The maximum Gasteiger partial charge on any atom is 0.335 e. The van der Waals surface area contributed by atoms with E-state index in [1.54, 1.807) is 6.07 Å². The second kappa shape index (κ2) is 4.65. The maximum absolute atomic E-state index is 11.1. The maximum atomic E-state index is 11.1. The molecule has 18 heavy (non-hydrogen) atoms. The van der Waals surface area contributed by atoms with Gasteiger partial charge in [-0.1, -0.05) is 30.3 Å². The van der Waals surface area contributed by atoms with Gasteiger partial charge in [-0.2, -0.15) is 0 Å². The van der Waals surface area contributed by atoms with E-state index in [4.69, 9.17) is 5.11 Å². The van der Waals surface area contributed by atoms with Crippen molar-refractivity contribution < 1.29 is 9.90 Å². The Morgan fingerprint density at radius 2 is 1.39 bits per heavy atom. The summed E-state index contributed by atoms with van der Waals surface area (Å²) in [4.78, 5) is 11.1. The second-order valence-corrected chi connectivity index (χ2v) is 4.63. The summed E-state index contributed by atoms with van der Waals surface area (Å²) in [5.74, 6) is -0.877. The van der Waals surface area contributed by atoms with Gasteiger partial charge in [-0.15, -0.1) is 0 Å². The van der Waals surface area contributed by atoms with E-state index in [9.17, 15) is 4.79 Å². The molecule has 2 rings (SSSR count). The summed E-state index contributed by atoms with van der Waals surface area (Å²) < 4.78 is 0. The summed E-state index contributed by atoms with van der Waals surface area (Å²) in [5, 5.41) is 9.14. The van der Waals surface area contributed by atoms with Crippen LogP contribution in [0.5, 0.6) is 0 Å². The molecule has 2 aromatic carbocycles. The average Bonchev–Trinajstić information content (AvgIpc) is 2.33. The van der Waals surface area contributed by atoms with Crippen molar-refractivity contribution in [3.8, 4) is 11.1 Å². The number of carbonyl (C=O) groups is 1. The average molecular weight is 240 g/mol. The first kappa shape index (κ1) is 12.4. The fourth-order valence-corrected chi connectivity index (χ4v) is 1.95. The molecule has 0 unspecified atom stereocenters. The molecule has 0 radical (unpaired) electrons. The Bertz CT molecular complexity index is 612. The minimum Gasteiger partial charge on any atom is -0.478 e. The molecule has 0 saturated carbocycles. The van der Waals surface area contributed by atoms with E-state index in [1.165, 1.54) is 11.1 Å². The molecule has 2 nitrogen and oxygen atoms in total. The third-order valence-electron chi connectivity index (χ3n) is 3.31. The smallest absolute Gasteiger partial charge is 0.335 e. The fourth-order valence-electron chi connectivity index (χ4n) is 1.95. The van der Waals surface area contributed by atoms with Gasteiger partial charge in [0.1, 0.15) is 0 Å². The van der Waals surface area contributed by atoms with E-state index in [-0.39, 0.29) is 0 Å². The van der Waals surface area contributed by atoms with Crippen LogP contribution >= 0.6 is 0 Å². The molecule has 0 aliphatic rings. The number of hydrogen-bond acceptors (Lipinski definition) is 1. The lowest BCUT2D eigenvalue weighted by Gasteiger charge is -2.08. The van der Waals surface area contributed by atoms with E-state index in [0.717, 1.165) is 16.7 Å². The van der Waals surface area contributed by atoms with Crippen molar-refractivity contribution in [2.75, 3.05) is 0 Å². The summed E-state index contributed by atoms with van der Waals surface area (Å²) in [7, 11) is 0. The molecule has 0 amide bonds. The molecule has 2 aromatic rings. The Labute approximate surface area is 107 Å². The number of rotatable bonds is 2. The Morgan fingerprint density at radius 1 is 0.833 bits per heavy atom. The molecule has 2 heteroatoms. The predicted molar refractivity (Wildman–Crippen MR) is 73.0 cm³/mol. The van der Waals surface area contributed by atoms with Gasteiger partial charge in [-0.3, -0.25) is 0 Å². The van der Waals surface area contributed by atoms with E-state index in [1.807, 2.05) is 25.1 Å². The molecule has 1 N–H and O–H groups in total. The number of carboxylic acid groups (broad SMARTS) is 1. The van der Waals surface area contributed by atoms with Crippen LogP contribution in [0.15, 0.2) is 36.4 Å². The Hall–Kier alpha value is -2.09. The first-order valence-corrected chi connectivity index (χ1v) is 5.90. The first-order chi connectivity index (χ1) is 8.49. The van der Waals surface area contributed by atoms with Gasteiger partial charge in [0.25, 0.3) is 0 Å². The highest BCUT2D eigenvalue weighted by Gasteiger charge is 2.09. The lowest BCUT2D eigenvalue weighted by Crippen LogP contribution is -1.99. The molecular weight excluding hydrogens is 224 g/mol. The van der Waals surface area contributed by atoms with Crippen LogP contribution in [0, 0.1) is 20.8 Å². The molecule has 0 bridgehead atoms. The summed E-state index contributed by atoms with van der Waals surface area (Å²) >= 11 is 0. The van der Waals surface area contributed by atoms with Crippen LogP contribution in [-0.4, -0.2) is 11.1 Å². The van der Waals surface area contributed by atoms with Gasteiger partial charge < -0.3 is 5.11 Å². The molecule has 0 fully saturated rings. The van der Waals surface area contributed by atoms with Gasteiger partial charge in [0.15, 0.2) is 0 Å². The summed E-state index contributed by atoms with van der Waals surface area (Å²) in [5.41, 5.74) is 5.61. The third-order valence-corrected chi connectivity index (χ3v) is 3.31. The van der Waals surface area contributed by atoms with E-state index >= 15 is 0 Å². The molecule has 0 atom stereocenters. The van der Waals surface area contributed by atoms with Gasteiger partial charge in [0.05, 0.1) is 5.56 Å². The standard InChI is InChI=1S/C16H16O2/c1-10-4-6-13(8-12(10)3)14-7-5-11(2)15(9-14)16(17)18/h4-9H,1-3H3,(H,17,18). The zero-order valence-corrected chi connectivity index (χ0v) is 10.8. The molecule has 0 aliphatic heterocycles. The first-order valence-electron chi connectivity index (χ1n) is 5.90. The molecule has 92 valence electrons. The van der Waals surface area contributed by atoms with Crippen LogP contribution in [0.25, 0.3) is 11.1 Å². The Morgan fingerprint density at radius 3 is 1.94 bits per heavy atom. The quantitative estimate of drug-likeness (QED) is 0.862. The molecule has 0 spiro atoms. The van der Waals surface area contributed by atoms with Crippen LogP contribution in [0.4, 0.5) is 0 Å². The zero-order valence-electron chi connectivity index (χ0n) is 10.8. The number of benzene rings is 2. The molecule has 0 heterocycles.